The largest absolute Gasteiger partial charge is 0.507 e. The molecule has 0 atom stereocenters. The maximum absolute atomic E-state index is 12.2. The lowest BCUT2D eigenvalue weighted by atomic mass is 10.1. The zero-order valence-corrected chi connectivity index (χ0v) is 16.1. The molecular weight excluding hydrogens is 374 g/mol. The standard InChI is InChI=1S/C22H21NO4S/c24-20-13-18-9-5-4-8-17(18)12-19(20)22(26)27-14-21(25)23-10-11-28-15-16-6-2-1-3-7-16/h1-9,12-13,24H,10-11,14-15H2,(H,23,25). The summed E-state index contributed by atoms with van der Waals surface area (Å²) in [5.41, 5.74) is 1.29. The highest BCUT2D eigenvalue weighted by atomic mass is 32.2. The fourth-order valence-corrected chi connectivity index (χ4v) is 3.50. The highest BCUT2D eigenvalue weighted by molar-refractivity contribution is 7.98. The maximum atomic E-state index is 12.2. The lowest BCUT2D eigenvalue weighted by Gasteiger charge is -2.09. The van der Waals surface area contributed by atoms with E-state index in [9.17, 15) is 14.7 Å². The highest BCUT2D eigenvalue weighted by Gasteiger charge is 2.15. The second kappa shape index (κ2) is 9.80. The van der Waals surface area contributed by atoms with Gasteiger partial charge in [-0.1, -0.05) is 54.6 Å². The molecule has 0 aromatic heterocycles. The molecule has 2 N–H and O–H groups in total. The molecule has 1 amide bonds. The summed E-state index contributed by atoms with van der Waals surface area (Å²) in [4.78, 5) is 24.0. The number of hydrogen-bond donors (Lipinski definition) is 2. The molecule has 0 saturated heterocycles. The first kappa shape index (κ1) is 19.8. The van der Waals surface area contributed by atoms with Gasteiger partial charge >= 0.3 is 5.97 Å². The van der Waals surface area contributed by atoms with Crippen molar-refractivity contribution in [1.82, 2.24) is 5.32 Å². The number of phenolic OH excluding ortho intramolecular Hbond substituents is 1. The molecule has 0 fully saturated rings. The van der Waals surface area contributed by atoms with Gasteiger partial charge in [-0.15, -0.1) is 0 Å². The summed E-state index contributed by atoms with van der Waals surface area (Å²) in [6.07, 6.45) is 0. The van der Waals surface area contributed by atoms with Crippen LogP contribution in [0.4, 0.5) is 0 Å². The van der Waals surface area contributed by atoms with Gasteiger partial charge in [-0.3, -0.25) is 4.79 Å². The molecule has 5 nitrogen and oxygen atoms in total. The molecule has 0 bridgehead atoms. The highest BCUT2D eigenvalue weighted by Crippen LogP contribution is 2.25. The van der Waals surface area contributed by atoms with E-state index < -0.39 is 5.97 Å². The van der Waals surface area contributed by atoms with Gasteiger partial charge in [-0.25, -0.2) is 4.79 Å². The monoisotopic (exact) mass is 395 g/mol. The van der Waals surface area contributed by atoms with E-state index in [4.69, 9.17) is 4.74 Å². The normalized spacial score (nSPS) is 10.6. The molecule has 0 aliphatic heterocycles. The van der Waals surface area contributed by atoms with E-state index >= 15 is 0 Å². The average Bonchev–Trinajstić information content (AvgIpc) is 2.72. The Morgan fingerprint density at radius 3 is 2.39 bits per heavy atom. The minimum Gasteiger partial charge on any atom is -0.507 e. The van der Waals surface area contributed by atoms with E-state index in [-0.39, 0.29) is 23.8 Å². The lowest BCUT2D eigenvalue weighted by molar-refractivity contribution is -0.124. The molecule has 0 aliphatic rings. The van der Waals surface area contributed by atoms with Crippen LogP contribution in [-0.4, -0.2) is 35.9 Å². The van der Waals surface area contributed by atoms with Crippen molar-refractivity contribution in [3.8, 4) is 5.75 Å². The van der Waals surface area contributed by atoms with Crippen molar-refractivity contribution < 1.29 is 19.4 Å². The Bertz CT molecular complexity index is 959. The number of ether oxygens (including phenoxy) is 1. The number of carbonyl (C=O) groups excluding carboxylic acids is 2. The zero-order valence-electron chi connectivity index (χ0n) is 15.3. The van der Waals surface area contributed by atoms with E-state index in [1.165, 1.54) is 11.6 Å². The van der Waals surface area contributed by atoms with E-state index in [1.54, 1.807) is 17.8 Å². The molecule has 0 radical (unpaired) electrons. The van der Waals surface area contributed by atoms with Crippen LogP contribution in [0, 0.1) is 0 Å². The van der Waals surface area contributed by atoms with Crippen LogP contribution in [0.3, 0.4) is 0 Å². The SMILES string of the molecule is O=C(COC(=O)c1cc2ccccc2cc1O)NCCSCc1ccccc1. The molecular formula is C22H21NO4S. The zero-order chi connectivity index (χ0) is 19.8. The van der Waals surface area contributed by atoms with Gasteiger partial charge in [0, 0.05) is 18.1 Å². The number of thioether (sulfide) groups is 1. The van der Waals surface area contributed by atoms with Crippen LogP contribution in [0.1, 0.15) is 15.9 Å². The number of aromatic hydroxyl groups is 1. The predicted octanol–water partition coefficient (Wildman–Crippen LogP) is 3.75. The summed E-state index contributed by atoms with van der Waals surface area (Å²) in [5, 5.41) is 14.4. The summed E-state index contributed by atoms with van der Waals surface area (Å²) < 4.78 is 5.03. The van der Waals surface area contributed by atoms with Crippen LogP contribution in [-0.2, 0) is 15.3 Å². The summed E-state index contributed by atoms with van der Waals surface area (Å²) in [6, 6.07) is 20.5. The second-order valence-electron chi connectivity index (χ2n) is 6.18. The van der Waals surface area contributed by atoms with E-state index in [0.717, 1.165) is 22.3 Å². The third-order valence-electron chi connectivity index (χ3n) is 4.10. The molecule has 0 saturated carbocycles. The number of fused-ring (bicyclic) bond motifs is 1. The summed E-state index contributed by atoms with van der Waals surface area (Å²) in [6.45, 7) is 0.115. The molecule has 28 heavy (non-hydrogen) atoms. The number of esters is 1. The molecule has 3 aromatic rings. The smallest absolute Gasteiger partial charge is 0.342 e. The first-order valence-electron chi connectivity index (χ1n) is 8.91. The molecule has 6 heteroatoms. The lowest BCUT2D eigenvalue weighted by Crippen LogP contribution is -2.30. The maximum Gasteiger partial charge on any atom is 0.342 e. The van der Waals surface area contributed by atoms with Crippen molar-refractivity contribution in [2.75, 3.05) is 18.9 Å². The third-order valence-corrected chi connectivity index (χ3v) is 5.13. The van der Waals surface area contributed by atoms with E-state index in [2.05, 4.69) is 17.4 Å². The Morgan fingerprint density at radius 1 is 0.964 bits per heavy atom. The van der Waals surface area contributed by atoms with Crippen molar-refractivity contribution in [1.29, 1.82) is 0 Å². The molecule has 0 heterocycles. The van der Waals surface area contributed by atoms with Gasteiger partial charge in [-0.2, -0.15) is 11.8 Å². The van der Waals surface area contributed by atoms with Crippen molar-refractivity contribution >= 4 is 34.4 Å². The van der Waals surface area contributed by atoms with Gasteiger partial charge in [0.2, 0.25) is 0 Å². The Morgan fingerprint density at radius 2 is 1.64 bits per heavy atom. The van der Waals surface area contributed by atoms with Crippen LogP contribution in [0.25, 0.3) is 10.8 Å². The minimum atomic E-state index is -0.725. The van der Waals surface area contributed by atoms with Crippen LogP contribution in [0.15, 0.2) is 66.7 Å². The van der Waals surface area contributed by atoms with Gasteiger partial charge in [0.1, 0.15) is 11.3 Å². The van der Waals surface area contributed by atoms with Crippen molar-refractivity contribution in [3.05, 3.63) is 77.9 Å². The fourth-order valence-electron chi connectivity index (χ4n) is 2.68. The quantitative estimate of drug-likeness (QED) is 0.449. The number of carbonyl (C=O) groups is 2. The molecule has 0 spiro atoms. The van der Waals surface area contributed by atoms with E-state index in [0.29, 0.717) is 6.54 Å². The van der Waals surface area contributed by atoms with Crippen LogP contribution in [0.2, 0.25) is 0 Å². The van der Waals surface area contributed by atoms with Crippen LogP contribution in [0.5, 0.6) is 5.75 Å². The van der Waals surface area contributed by atoms with Gasteiger partial charge in [0.15, 0.2) is 6.61 Å². The minimum absolute atomic E-state index is 0.0462. The number of benzene rings is 3. The summed E-state index contributed by atoms with van der Waals surface area (Å²) in [5.74, 6) is 0.389. The second-order valence-corrected chi connectivity index (χ2v) is 7.29. The Kier molecular flexibility index (Phi) is 6.92. The molecule has 144 valence electrons. The average molecular weight is 395 g/mol. The Labute approximate surface area is 167 Å². The Hall–Kier alpha value is -2.99. The number of rotatable bonds is 8. The molecule has 3 aromatic carbocycles. The number of phenols is 1. The van der Waals surface area contributed by atoms with Crippen molar-refractivity contribution in [2.24, 2.45) is 0 Å². The predicted molar refractivity (Wildman–Crippen MR) is 112 cm³/mol. The third kappa shape index (κ3) is 5.50. The first-order chi connectivity index (χ1) is 13.6. The van der Waals surface area contributed by atoms with Crippen molar-refractivity contribution in [2.45, 2.75) is 5.75 Å². The molecule has 0 aliphatic carbocycles. The van der Waals surface area contributed by atoms with Crippen LogP contribution < -0.4 is 5.32 Å². The first-order valence-corrected chi connectivity index (χ1v) is 10.1. The summed E-state index contributed by atoms with van der Waals surface area (Å²) >= 11 is 1.72. The van der Waals surface area contributed by atoms with Gasteiger partial charge < -0.3 is 15.2 Å². The van der Waals surface area contributed by atoms with Gasteiger partial charge in [0.05, 0.1) is 0 Å². The molecule has 0 unspecified atom stereocenters. The number of nitrogens with one attached hydrogen (secondary N) is 1. The summed E-state index contributed by atoms with van der Waals surface area (Å²) in [7, 11) is 0. The number of hydrogen-bond acceptors (Lipinski definition) is 5. The van der Waals surface area contributed by atoms with Crippen LogP contribution >= 0.6 is 11.8 Å². The fraction of sp³-hybridized carbons (Fsp3) is 0.182. The topological polar surface area (TPSA) is 75.6 Å². The van der Waals surface area contributed by atoms with Gasteiger partial charge in [-0.05, 0) is 28.5 Å². The van der Waals surface area contributed by atoms with E-state index in [1.807, 2.05) is 42.5 Å². The van der Waals surface area contributed by atoms with Crippen molar-refractivity contribution in [3.63, 3.8) is 0 Å². The van der Waals surface area contributed by atoms with Gasteiger partial charge in [0.25, 0.3) is 5.91 Å². The molecule has 3 rings (SSSR count). The Balaban J connectivity index is 1.40. The number of amides is 1.